The molecule has 0 fully saturated rings. The lowest BCUT2D eigenvalue weighted by atomic mass is 9.94. The van der Waals surface area contributed by atoms with Gasteiger partial charge in [-0.15, -0.1) is 0 Å². The second-order valence-corrected chi connectivity index (χ2v) is 6.97. The third-order valence-electron chi connectivity index (χ3n) is 5.00. The standard InChI is InChI=1S/C23H15F4NO3/c24-16-9-11-17(12-10-16)28-19(18-3-1-2-4-21(18)31-22(28)30)13-20(29)14-5-7-15(8-6-14)23(25,26)27/h1-12,19H,13H2/t19-/m0/s1. The van der Waals surface area contributed by atoms with Crippen LogP contribution in [0, 0.1) is 5.82 Å². The van der Waals surface area contributed by atoms with Crippen LogP contribution in [-0.2, 0) is 6.18 Å². The molecule has 4 rings (SSSR count). The van der Waals surface area contributed by atoms with Crippen LogP contribution in [0.5, 0.6) is 5.75 Å². The minimum Gasteiger partial charge on any atom is -0.410 e. The van der Waals surface area contributed by atoms with E-state index in [0.717, 1.165) is 24.3 Å². The van der Waals surface area contributed by atoms with Gasteiger partial charge in [-0.05, 0) is 42.5 Å². The molecule has 4 nitrogen and oxygen atoms in total. The van der Waals surface area contributed by atoms with Crippen LogP contribution in [0.15, 0.2) is 72.8 Å². The molecular weight excluding hydrogens is 414 g/mol. The van der Waals surface area contributed by atoms with E-state index in [2.05, 4.69) is 0 Å². The maximum absolute atomic E-state index is 13.4. The van der Waals surface area contributed by atoms with Crippen LogP contribution < -0.4 is 9.64 Å². The molecule has 1 aliphatic rings. The van der Waals surface area contributed by atoms with Crippen molar-refractivity contribution in [1.82, 2.24) is 0 Å². The van der Waals surface area contributed by atoms with E-state index in [4.69, 9.17) is 4.74 Å². The molecule has 31 heavy (non-hydrogen) atoms. The number of ketones is 1. The van der Waals surface area contributed by atoms with Crippen molar-refractivity contribution in [2.45, 2.75) is 18.6 Å². The summed E-state index contributed by atoms with van der Waals surface area (Å²) >= 11 is 0. The molecule has 158 valence electrons. The first kappa shape index (κ1) is 20.6. The number of fused-ring (bicyclic) bond motifs is 1. The summed E-state index contributed by atoms with van der Waals surface area (Å²) in [6.45, 7) is 0. The highest BCUT2D eigenvalue weighted by Gasteiger charge is 2.37. The van der Waals surface area contributed by atoms with E-state index in [9.17, 15) is 27.2 Å². The van der Waals surface area contributed by atoms with Crippen molar-refractivity contribution in [2.24, 2.45) is 0 Å². The molecule has 1 aliphatic heterocycles. The molecule has 0 radical (unpaired) electrons. The molecule has 1 atom stereocenters. The summed E-state index contributed by atoms with van der Waals surface area (Å²) in [7, 11) is 0. The Bertz CT molecular complexity index is 1120. The number of nitrogens with zero attached hydrogens (tertiary/aromatic N) is 1. The first-order chi connectivity index (χ1) is 14.7. The van der Waals surface area contributed by atoms with E-state index in [1.807, 2.05) is 0 Å². The summed E-state index contributed by atoms with van der Waals surface area (Å²) in [5.41, 5.74) is 0.116. The molecule has 0 spiro atoms. The van der Waals surface area contributed by atoms with E-state index >= 15 is 0 Å². The summed E-state index contributed by atoms with van der Waals surface area (Å²) < 4.78 is 57.1. The maximum atomic E-state index is 13.4. The van der Waals surface area contributed by atoms with Gasteiger partial charge in [-0.2, -0.15) is 13.2 Å². The molecule has 3 aromatic carbocycles. The third kappa shape index (κ3) is 4.14. The highest BCUT2D eigenvalue weighted by atomic mass is 19.4. The number of anilines is 1. The molecule has 0 saturated carbocycles. The number of Topliss-reactive ketones (excluding diaryl/α,β-unsaturated/α-hetero) is 1. The Morgan fingerprint density at radius 2 is 1.58 bits per heavy atom. The second-order valence-electron chi connectivity index (χ2n) is 6.97. The summed E-state index contributed by atoms with van der Waals surface area (Å²) in [6.07, 6.45) is -5.45. The van der Waals surface area contributed by atoms with E-state index in [0.29, 0.717) is 11.3 Å². The predicted molar refractivity (Wildman–Crippen MR) is 104 cm³/mol. The minimum absolute atomic E-state index is 0.0866. The van der Waals surface area contributed by atoms with Crippen molar-refractivity contribution in [3.8, 4) is 5.75 Å². The highest BCUT2D eigenvalue weighted by molar-refractivity contribution is 5.99. The molecule has 0 unspecified atom stereocenters. The van der Waals surface area contributed by atoms with Gasteiger partial charge in [0.05, 0.1) is 11.6 Å². The zero-order valence-corrected chi connectivity index (χ0v) is 15.9. The lowest BCUT2D eigenvalue weighted by Gasteiger charge is -2.36. The van der Waals surface area contributed by atoms with E-state index in [-0.39, 0.29) is 17.7 Å². The molecule has 8 heteroatoms. The van der Waals surface area contributed by atoms with Gasteiger partial charge in [0.25, 0.3) is 0 Å². The Morgan fingerprint density at radius 1 is 0.935 bits per heavy atom. The summed E-state index contributed by atoms with van der Waals surface area (Å²) in [5, 5.41) is 0. The quantitative estimate of drug-likeness (QED) is 0.368. The number of alkyl halides is 3. The average molecular weight is 429 g/mol. The molecule has 0 aliphatic carbocycles. The third-order valence-corrected chi connectivity index (χ3v) is 5.00. The number of hydrogen-bond acceptors (Lipinski definition) is 3. The predicted octanol–water partition coefficient (Wildman–Crippen LogP) is 6.18. The number of hydrogen-bond donors (Lipinski definition) is 0. The Labute approximate surface area is 174 Å². The number of carbonyl (C=O) groups excluding carboxylic acids is 2. The molecule has 1 amide bonds. The van der Waals surface area contributed by atoms with Gasteiger partial charge in [-0.25, -0.2) is 9.18 Å². The summed E-state index contributed by atoms with van der Waals surface area (Å²) in [6, 6.07) is 14.9. The van der Waals surface area contributed by atoms with Crippen molar-refractivity contribution in [3.63, 3.8) is 0 Å². The topological polar surface area (TPSA) is 46.6 Å². The molecule has 0 bridgehead atoms. The monoisotopic (exact) mass is 429 g/mol. The van der Waals surface area contributed by atoms with Crippen LogP contribution in [0.25, 0.3) is 0 Å². The molecule has 0 N–H and O–H groups in total. The van der Waals surface area contributed by atoms with Crippen molar-refractivity contribution < 1.29 is 31.9 Å². The van der Waals surface area contributed by atoms with Crippen LogP contribution in [0.1, 0.15) is 33.9 Å². The van der Waals surface area contributed by atoms with Crippen molar-refractivity contribution >= 4 is 17.6 Å². The summed E-state index contributed by atoms with van der Waals surface area (Å²) in [4.78, 5) is 26.8. The zero-order valence-electron chi connectivity index (χ0n) is 15.9. The van der Waals surface area contributed by atoms with E-state index in [1.54, 1.807) is 24.3 Å². The fraction of sp³-hybridized carbons (Fsp3) is 0.130. The van der Waals surface area contributed by atoms with Gasteiger partial charge in [0.1, 0.15) is 11.6 Å². The van der Waals surface area contributed by atoms with Gasteiger partial charge in [0, 0.05) is 23.2 Å². The molecule has 1 heterocycles. The minimum atomic E-state index is -4.51. The van der Waals surface area contributed by atoms with Gasteiger partial charge >= 0.3 is 12.3 Å². The van der Waals surface area contributed by atoms with E-state index in [1.165, 1.54) is 29.2 Å². The van der Waals surface area contributed by atoms with Gasteiger partial charge in [-0.3, -0.25) is 9.69 Å². The molecular formula is C23H15F4NO3. The average Bonchev–Trinajstić information content (AvgIpc) is 2.74. The van der Waals surface area contributed by atoms with Crippen LogP contribution >= 0.6 is 0 Å². The van der Waals surface area contributed by atoms with Crippen molar-refractivity contribution in [2.75, 3.05) is 4.90 Å². The number of halogens is 4. The second kappa shape index (κ2) is 7.86. The van der Waals surface area contributed by atoms with Crippen molar-refractivity contribution in [1.29, 1.82) is 0 Å². The van der Waals surface area contributed by atoms with Crippen LogP contribution in [0.3, 0.4) is 0 Å². The highest BCUT2D eigenvalue weighted by Crippen LogP contribution is 2.40. The Morgan fingerprint density at radius 3 is 2.23 bits per heavy atom. The van der Waals surface area contributed by atoms with Crippen LogP contribution in [0.2, 0.25) is 0 Å². The first-order valence-electron chi connectivity index (χ1n) is 9.30. The number of carbonyl (C=O) groups is 2. The number of para-hydroxylation sites is 1. The largest absolute Gasteiger partial charge is 0.420 e. The van der Waals surface area contributed by atoms with Crippen molar-refractivity contribution in [3.05, 3.63) is 95.3 Å². The van der Waals surface area contributed by atoms with Gasteiger partial charge in [0.15, 0.2) is 5.78 Å². The smallest absolute Gasteiger partial charge is 0.410 e. The van der Waals surface area contributed by atoms with Gasteiger partial charge in [-0.1, -0.05) is 30.3 Å². The fourth-order valence-corrected chi connectivity index (χ4v) is 3.49. The lowest BCUT2D eigenvalue weighted by molar-refractivity contribution is -0.137. The number of ether oxygens (including phenoxy) is 1. The SMILES string of the molecule is O=C(C[C@H]1c2ccccc2OC(=O)N1c1ccc(F)cc1)c1ccc(C(F)(F)F)cc1. The summed E-state index contributed by atoms with van der Waals surface area (Å²) in [5.74, 6) is -0.654. The fourth-order valence-electron chi connectivity index (χ4n) is 3.49. The lowest BCUT2D eigenvalue weighted by Crippen LogP contribution is -2.42. The van der Waals surface area contributed by atoms with Gasteiger partial charge < -0.3 is 4.74 Å². The van der Waals surface area contributed by atoms with E-state index < -0.39 is 35.5 Å². The van der Waals surface area contributed by atoms with Crippen LogP contribution in [-0.4, -0.2) is 11.9 Å². The normalized spacial score (nSPS) is 15.9. The Hall–Kier alpha value is -3.68. The number of rotatable bonds is 4. The van der Waals surface area contributed by atoms with Gasteiger partial charge in [0.2, 0.25) is 0 Å². The zero-order chi connectivity index (χ0) is 22.2. The Balaban J connectivity index is 1.69. The Kier molecular flexibility index (Phi) is 5.22. The number of benzene rings is 3. The maximum Gasteiger partial charge on any atom is 0.420 e. The van der Waals surface area contributed by atoms with Crippen LogP contribution in [0.4, 0.5) is 28.0 Å². The molecule has 0 saturated heterocycles. The number of amides is 1. The molecule has 3 aromatic rings. The first-order valence-corrected chi connectivity index (χ1v) is 9.30. The molecule has 0 aromatic heterocycles.